The Morgan fingerprint density at radius 3 is 2.68 bits per heavy atom. The zero-order valence-corrected chi connectivity index (χ0v) is 11.7. The van der Waals surface area contributed by atoms with Crippen molar-refractivity contribution in [2.24, 2.45) is 0 Å². The van der Waals surface area contributed by atoms with Gasteiger partial charge in [-0.2, -0.15) is 0 Å². The summed E-state index contributed by atoms with van der Waals surface area (Å²) in [6.07, 6.45) is 0.826. The molecule has 102 valence electrons. The van der Waals surface area contributed by atoms with Crippen LogP contribution in [0.3, 0.4) is 0 Å². The van der Waals surface area contributed by atoms with E-state index in [9.17, 15) is 0 Å². The first kappa shape index (κ1) is 12.7. The van der Waals surface area contributed by atoms with E-state index in [1.54, 1.807) is 0 Å². The predicted octanol–water partition coefficient (Wildman–Crippen LogP) is 3.06. The normalized spacial score (nSPS) is 22.0. The molecule has 0 bridgehead atoms. The minimum atomic E-state index is -0.0522. The number of ether oxygens (including phenoxy) is 2. The van der Waals surface area contributed by atoms with Gasteiger partial charge in [0.05, 0.1) is 13.2 Å². The Bertz CT molecular complexity index is 489. The molecule has 0 aliphatic carbocycles. The maximum absolute atomic E-state index is 5.51. The molecule has 2 aliphatic heterocycles. The highest BCUT2D eigenvalue weighted by Crippen LogP contribution is 2.46. The molecule has 0 atom stereocenters. The van der Waals surface area contributed by atoms with Gasteiger partial charge in [-0.25, -0.2) is 0 Å². The third-order valence-electron chi connectivity index (χ3n) is 4.19. The molecule has 0 N–H and O–H groups in total. The Balaban J connectivity index is 1.80. The monoisotopic (exact) mass is 259 g/mol. The quantitative estimate of drug-likeness (QED) is 0.832. The summed E-state index contributed by atoms with van der Waals surface area (Å²) in [4.78, 5) is 2.31. The van der Waals surface area contributed by atoms with Crippen LogP contribution >= 0.6 is 0 Å². The second-order valence-electron chi connectivity index (χ2n) is 5.70. The van der Waals surface area contributed by atoms with E-state index in [1.165, 1.54) is 11.3 Å². The van der Waals surface area contributed by atoms with Gasteiger partial charge in [0.1, 0.15) is 0 Å². The smallest absolute Gasteiger partial charge is 0.159 e. The average molecular weight is 259 g/mol. The molecule has 3 rings (SSSR count). The third-order valence-corrected chi connectivity index (χ3v) is 4.19. The van der Waals surface area contributed by atoms with Crippen LogP contribution in [-0.2, 0) is 14.9 Å². The van der Waals surface area contributed by atoms with Crippen molar-refractivity contribution in [2.75, 3.05) is 24.7 Å². The highest BCUT2D eigenvalue weighted by molar-refractivity contribution is 5.69. The maximum atomic E-state index is 5.51. The Hall–Kier alpha value is -1.32. The third kappa shape index (κ3) is 2.07. The maximum Gasteiger partial charge on any atom is 0.159 e. The van der Waals surface area contributed by atoms with Crippen LogP contribution in [0.5, 0.6) is 0 Å². The zero-order chi connectivity index (χ0) is 13.5. The molecule has 3 nitrogen and oxygen atoms in total. The fourth-order valence-corrected chi connectivity index (χ4v) is 2.94. The van der Waals surface area contributed by atoms with E-state index in [4.69, 9.17) is 9.47 Å². The van der Waals surface area contributed by atoms with Crippen molar-refractivity contribution in [3.05, 3.63) is 42.1 Å². The van der Waals surface area contributed by atoms with Crippen molar-refractivity contribution >= 4 is 5.69 Å². The van der Waals surface area contributed by atoms with Crippen LogP contribution in [-0.4, -0.2) is 26.0 Å². The average Bonchev–Trinajstić information content (AvgIpc) is 2.97. The second-order valence-corrected chi connectivity index (χ2v) is 5.70. The van der Waals surface area contributed by atoms with Crippen LogP contribution < -0.4 is 4.90 Å². The number of benzene rings is 1. The first-order chi connectivity index (χ1) is 9.10. The highest BCUT2D eigenvalue weighted by atomic mass is 16.7. The van der Waals surface area contributed by atoms with E-state index >= 15 is 0 Å². The fourth-order valence-electron chi connectivity index (χ4n) is 2.94. The van der Waals surface area contributed by atoms with Gasteiger partial charge in [0.25, 0.3) is 0 Å². The minimum absolute atomic E-state index is 0.00792. The summed E-state index contributed by atoms with van der Waals surface area (Å²) >= 11 is 0. The Kier molecular flexibility index (Phi) is 3.11. The summed E-state index contributed by atoms with van der Waals surface area (Å²) in [6.45, 7) is 11.1. The number of nitrogens with zero attached hydrogens (tertiary/aromatic N) is 1. The highest BCUT2D eigenvalue weighted by Gasteiger charge is 2.38. The van der Waals surface area contributed by atoms with Crippen LogP contribution in [0.1, 0.15) is 25.8 Å². The molecular weight excluding hydrogens is 238 g/mol. The molecule has 1 saturated heterocycles. The molecule has 0 saturated carbocycles. The van der Waals surface area contributed by atoms with Crippen molar-refractivity contribution in [1.29, 1.82) is 0 Å². The van der Waals surface area contributed by atoms with E-state index in [0.717, 1.165) is 18.7 Å². The van der Waals surface area contributed by atoms with Gasteiger partial charge in [-0.05, 0) is 11.6 Å². The molecular formula is C16H21NO2. The van der Waals surface area contributed by atoms with Gasteiger partial charge in [0.2, 0.25) is 0 Å². The lowest BCUT2D eigenvalue weighted by Gasteiger charge is -2.26. The summed E-state index contributed by atoms with van der Waals surface area (Å²) in [5.74, 6) is 0. The second kappa shape index (κ2) is 4.66. The van der Waals surface area contributed by atoms with Gasteiger partial charge in [0, 0.05) is 29.8 Å². The molecule has 1 aromatic rings. The minimum Gasteiger partial charge on any atom is -0.350 e. The van der Waals surface area contributed by atoms with E-state index in [0.29, 0.717) is 13.2 Å². The van der Waals surface area contributed by atoms with Crippen LogP contribution in [0.2, 0.25) is 0 Å². The molecule has 0 aromatic heterocycles. The van der Waals surface area contributed by atoms with Crippen molar-refractivity contribution in [1.82, 2.24) is 0 Å². The Labute approximate surface area is 114 Å². The molecule has 0 unspecified atom stereocenters. The van der Waals surface area contributed by atoms with Gasteiger partial charge in [0.15, 0.2) is 6.29 Å². The van der Waals surface area contributed by atoms with Gasteiger partial charge >= 0.3 is 0 Å². The number of allylic oxidation sites excluding steroid dienone is 1. The summed E-state index contributed by atoms with van der Waals surface area (Å²) in [5.41, 5.74) is 3.80. The van der Waals surface area contributed by atoms with Gasteiger partial charge < -0.3 is 14.4 Å². The molecule has 0 radical (unpaired) electrons. The number of rotatable bonds is 3. The molecule has 2 aliphatic rings. The van der Waals surface area contributed by atoms with Crippen molar-refractivity contribution in [3.8, 4) is 0 Å². The lowest BCUT2D eigenvalue weighted by Crippen LogP contribution is -2.28. The molecule has 2 heterocycles. The SMILES string of the molecule is C=C1N(CCC2OCCO2)c2ccccc2C1(C)C. The van der Waals surface area contributed by atoms with Crippen molar-refractivity contribution < 1.29 is 9.47 Å². The van der Waals surface area contributed by atoms with Crippen LogP contribution in [0.25, 0.3) is 0 Å². The largest absolute Gasteiger partial charge is 0.350 e. The number of para-hydroxylation sites is 1. The van der Waals surface area contributed by atoms with E-state index < -0.39 is 0 Å². The summed E-state index contributed by atoms with van der Waals surface area (Å²) in [7, 11) is 0. The van der Waals surface area contributed by atoms with Crippen molar-refractivity contribution in [2.45, 2.75) is 32.0 Å². The standard InChI is InChI=1S/C16H21NO2/c1-12-16(2,3)13-6-4-5-7-14(13)17(12)9-8-15-18-10-11-19-15/h4-7,15H,1,8-11H2,2-3H3. The topological polar surface area (TPSA) is 21.7 Å². The molecule has 1 aromatic carbocycles. The Morgan fingerprint density at radius 2 is 1.95 bits per heavy atom. The lowest BCUT2D eigenvalue weighted by molar-refractivity contribution is -0.0447. The summed E-state index contributed by atoms with van der Waals surface area (Å²) < 4.78 is 11.0. The number of fused-ring (bicyclic) bond motifs is 1. The van der Waals surface area contributed by atoms with E-state index in [-0.39, 0.29) is 11.7 Å². The fraction of sp³-hybridized carbons (Fsp3) is 0.500. The van der Waals surface area contributed by atoms with E-state index in [1.807, 2.05) is 0 Å². The molecule has 19 heavy (non-hydrogen) atoms. The summed E-state index contributed by atoms with van der Waals surface area (Å²) in [6, 6.07) is 8.55. The first-order valence-corrected chi connectivity index (χ1v) is 6.90. The zero-order valence-electron chi connectivity index (χ0n) is 11.7. The molecule has 3 heteroatoms. The molecule has 1 fully saturated rings. The number of hydrogen-bond donors (Lipinski definition) is 0. The Morgan fingerprint density at radius 1 is 1.26 bits per heavy atom. The molecule has 0 spiro atoms. The van der Waals surface area contributed by atoms with Gasteiger partial charge in [-0.3, -0.25) is 0 Å². The molecule has 0 amide bonds. The number of anilines is 1. The lowest BCUT2D eigenvalue weighted by atomic mass is 9.84. The van der Waals surface area contributed by atoms with Crippen molar-refractivity contribution in [3.63, 3.8) is 0 Å². The summed E-state index contributed by atoms with van der Waals surface area (Å²) in [5, 5.41) is 0. The number of hydrogen-bond acceptors (Lipinski definition) is 3. The predicted molar refractivity (Wildman–Crippen MR) is 76.3 cm³/mol. The van der Waals surface area contributed by atoms with Gasteiger partial charge in [-0.1, -0.05) is 38.6 Å². The van der Waals surface area contributed by atoms with Crippen LogP contribution in [0.4, 0.5) is 5.69 Å². The van der Waals surface area contributed by atoms with Gasteiger partial charge in [-0.15, -0.1) is 0 Å². The van der Waals surface area contributed by atoms with Crippen LogP contribution in [0, 0.1) is 0 Å². The van der Waals surface area contributed by atoms with Crippen LogP contribution in [0.15, 0.2) is 36.5 Å². The first-order valence-electron chi connectivity index (χ1n) is 6.90. The van der Waals surface area contributed by atoms with E-state index in [2.05, 4.69) is 49.6 Å².